The van der Waals surface area contributed by atoms with Crippen molar-refractivity contribution in [1.29, 1.82) is 5.26 Å². The minimum Gasteiger partial charge on any atom is -0.496 e. The van der Waals surface area contributed by atoms with Gasteiger partial charge in [0, 0.05) is 42.2 Å². The van der Waals surface area contributed by atoms with E-state index in [4.69, 9.17) is 4.74 Å². The molecule has 1 aromatic heterocycles. The number of rotatable bonds is 14. The fourth-order valence-corrected chi connectivity index (χ4v) is 5.50. The summed E-state index contributed by atoms with van der Waals surface area (Å²) in [4.78, 5) is 42.7. The molecule has 0 spiro atoms. The van der Waals surface area contributed by atoms with Crippen LogP contribution in [0.15, 0.2) is 54.6 Å². The molecule has 2 amide bonds. The van der Waals surface area contributed by atoms with Crippen LogP contribution in [0.5, 0.6) is 5.75 Å². The molecule has 9 heteroatoms. The van der Waals surface area contributed by atoms with Gasteiger partial charge in [-0.15, -0.1) is 0 Å². The lowest BCUT2D eigenvalue weighted by Gasteiger charge is -2.28. The first kappa shape index (κ1) is 29.8. The smallest absolute Gasteiger partial charge is 0.223 e. The van der Waals surface area contributed by atoms with Crippen LogP contribution >= 0.6 is 0 Å². The molecule has 41 heavy (non-hydrogen) atoms. The summed E-state index contributed by atoms with van der Waals surface area (Å²) < 4.78 is 5.42. The molecule has 2 aromatic carbocycles. The highest BCUT2D eigenvalue weighted by Gasteiger charge is 2.34. The number of carbonyl (C=O) groups is 3. The highest BCUT2D eigenvalue weighted by molar-refractivity contribution is 6.02. The molecule has 0 saturated carbocycles. The van der Waals surface area contributed by atoms with Gasteiger partial charge in [0.05, 0.1) is 24.9 Å². The summed E-state index contributed by atoms with van der Waals surface area (Å²) in [7, 11) is 1.58. The molecule has 1 unspecified atom stereocenters. The monoisotopic (exact) mass is 557 g/mol. The predicted octanol–water partition coefficient (Wildman–Crippen LogP) is 4.10. The van der Waals surface area contributed by atoms with Gasteiger partial charge in [-0.25, -0.2) is 0 Å². The maximum atomic E-state index is 13.7. The summed E-state index contributed by atoms with van der Waals surface area (Å²) in [5, 5.41) is 20.1. The zero-order valence-corrected chi connectivity index (χ0v) is 23.9. The third kappa shape index (κ3) is 7.74. The maximum absolute atomic E-state index is 13.7. The Morgan fingerprint density at radius 2 is 1.93 bits per heavy atom. The van der Waals surface area contributed by atoms with E-state index in [2.05, 4.69) is 27.0 Å². The molecule has 4 rings (SSSR count). The van der Waals surface area contributed by atoms with E-state index in [0.717, 1.165) is 16.5 Å². The Balaban J connectivity index is 1.52. The number of methoxy groups -OCH3 is 1. The van der Waals surface area contributed by atoms with Crippen molar-refractivity contribution >= 4 is 28.5 Å². The van der Waals surface area contributed by atoms with E-state index in [0.29, 0.717) is 43.8 Å². The van der Waals surface area contributed by atoms with E-state index in [-0.39, 0.29) is 35.9 Å². The topological polar surface area (TPSA) is 136 Å². The number of benzene rings is 2. The van der Waals surface area contributed by atoms with Crippen LogP contribution in [0.25, 0.3) is 10.9 Å². The minimum atomic E-state index is -0.718. The van der Waals surface area contributed by atoms with Gasteiger partial charge in [0.1, 0.15) is 11.8 Å². The standard InChI is InChI=1S/C32H39N5O4/c1-20(2)14-23(16-29(38)27-17-24-25(36-27)10-7-11-30(24)41-3)32(40)37-26(15-22-12-13-34-31(22)39)28(18-33)35-19-21-8-5-4-6-9-21/h4-11,17,20,22-23,26,28,35-36H,12-16,19H2,1-3H3,(H,34,39)(H,37,40)/t22-,23+,26-,28?/m0/s1. The number of hydrogen-bond donors (Lipinski definition) is 4. The number of nitrogens with one attached hydrogen (secondary N) is 4. The van der Waals surface area contributed by atoms with Crippen molar-refractivity contribution in [2.24, 2.45) is 17.8 Å². The lowest BCUT2D eigenvalue weighted by atomic mass is 9.89. The molecular formula is C32H39N5O4. The third-order valence-electron chi connectivity index (χ3n) is 7.64. The van der Waals surface area contributed by atoms with Crippen molar-refractivity contribution in [3.8, 4) is 11.8 Å². The molecule has 9 nitrogen and oxygen atoms in total. The number of carbonyl (C=O) groups excluding carboxylic acids is 3. The van der Waals surface area contributed by atoms with Crippen LogP contribution < -0.4 is 20.7 Å². The summed E-state index contributed by atoms with van der Waals surface area (Å²) in [6, 6.07) is 18.0. The Labute approximate surface area is 241 Å². The van der Waals surface area contributed by atoms with E-state index >= 15 is 0 Å². The van der Waals surface area contributed by atoms with Gasteiger partial charge in [0.25, 0.3) is 0 Å². The zero-order chi connectivity index (χ0) is 29.4. The molecule has 1 saturated heterocycles. The van der Waals surface area contributed by atoms with Crippen molar-refractivity contribution < 1.29 is 19.1 Å². The number of Topliss-reactive ketones (excluding diaryl/α,β-unsaturated/α-hetero) is 1. The van der Waals surface area contributed by atoms with Crippen molar-refractivity contribution in [2.45, 2.75) is 58.2 Å². The second-order valence-electron chi connectivity index (χ2n) is 11.2. The van der Waals surface area contributed by atoms with E-state index in [9.17, 15) is 19.6 Å². The van der Waals surface area contributed by atoms with Crippen LogP contribution in [0.2, 0.25) is 0 Å². The first-order valence-electron chi connectivity index (χ1n) is 14.2. The average Bonchev–Trinajstić information content (AvgIpc) is 3.59. The molecule has 4 N–H and O–H groups in total. The van der Waals surface area contributed by atoms with Gasteiger partial charge in [-0.1, -0.05) is 50.2 Å². The number of aromatic nitrogens is 1. The van der Waals surface area contributed by atoms with Gasteiger partial charge >= 0.3 is 0 Å². The number of nitriles is 1. The number of aromatic amines is 1. The molecule has 0 bridgehead atoms. The third-order valence-corrected chi connectivity index (χ3v) is 7.64. The first-order chi connectivity index (χ1) is 19.8. The second-order valence-corrected chi connectivity index (χ2v) is 11.2. The van der Waals surface area contributed by atoms with Crippen LogP contribution in [0, 0.1) is 29.1 Å². The Kier molecular flexibility index (Phi) is 10.1. The molecule has 0 aliphatic carbocycles. The number of hydrogen-bond acceptors (Lipinski definition) is 6. The van der Waals surface area contributed by atoms with Crippen molar-refractivity contribution in [2.75, 3.05) is 13.7 Å². The molecule has 2 heterocycles. The summed E-state index contributed by atoms with van der Waals surface area (Å²) in [5.41, 5.74) is 2.22. The fraction of sp³-hybridized carbons (Fsp3) is 0.438. The lowest BCUT2D eigenvalue weighted by molar-refractivity contribution is -0.127. The van der Waals surface area contributed by atoms with Crippen LogP contribution in [0.3, 0.4) is 0 Å². The first-order valence-corrected chi connectivity index (χ1v) is 14.2. The quantitative estimate of drug-likeness (QED) is 0.220. The number of H-pyrrole nitrogens is 1. The number of nitrogens with zero attached hydrogens (tertiary/aromatic N) is 1. The average molecular weight is 558 g/mol. The van der Waals surface area contributed by atoms with Gasteiger partial charge < -0.3 is 20.4 Å². The number of fused-ring (bicyclic) bond motifs is 1. The fourth-order valence-electron chi connectivity index (χ4n) is 5.50. The molecule has 1 fully saturated rings. The van der Waals surface area contributed by atoms with Gasteiger partial charge in [-0.05, 0) is 48.9 Å². The normalized spacial score (nSPS) is 17.0. The molecule has 216 valence electrons. The number of amides is 2. The van der Waals surface area contributed by atoms with Gasteiger partial charge in [-0.3, -0.25) is 19.7 Å². The van der Waals surface area contributed by atoms with E-state index < -0.39 is 18.0 Å². The molecule has 3 aromatic rings. The number of ether oxygens (including phenoxy) is 1. The summed E-state index contributed by atoms with van der Waals surface area (Å²) >= 11 is 0. The summed E-state index contributed by atoms with van der Waals surface area (Å²) in [6.07, 6.45) is 1.51. The maximum Gasteiger partial charge on any atom is 0.223 e. The molecular weight excluding hydrogens is 518 g/mol. The van der Waals surface area contributed by atoms with Gasteiger partial charge in [0.2, 0.25) is 11.8 Å². The van der Waals surface area contributed by atoms with E-state index in [1.165, 1.54) is 0 Å². The van der Waals surface area contributed by atoms with Crippen molar-refractivity contribution in [3.05, 3.63) is 65.9 Å². The molecule has 4 atom stereocenters. The number of ketones is 1. The minimum absolute atomic E-state index is 0.0183. The lowest BCUT2D eigenvalue weighted by Crippen LogP contribution is -2.52. The van der Waals surface area contributed by atoms with Crippen LogP contribution in [-0.4, -0.2) is 48.3 Å². The van der Waals surface area contributed by atoms with Gasteiger partial charge in [-0.2, -0.15) is 5.26 Å². The Bertz CT molecular complexity index is 1390. The van der Waals surface area contributed by atoms with Crippen LogP contribution in [-0.2, 0) is 16.1 Å². The van der Waals surface area contributed by atoms with Gasteiger partial charge in [0.15, 0.2) is 5.78 Å². The van der Waals surface area contributed by atoms with E-state index in [1.807, 2.05) is 62.4 Å². The summed E-state index contributed by atoms with van der Waals surface area (Å²) in [6.45, 7) is 5.05. The van der Waals surface area contributed by atoms with E-state index in [1.54, 1.807) is 13.2 Å². The van der Waals surface area contributed by atoms with Crippen molar-refractivity contribution in [1.82, 2.24) is 20.9 Å². The second kappa shape index (κ2) is 14.0. The Morgan fingerprint density at radius 3 is 2.59 bits per heavy atom. The highest BCUT2D eigenvalue weighted by atomic mass is 16.5. The van der Waals surface area contributed by atoms with Crippen LogP contribution in [0.4, 0.5) is 0 Å². The zero-order valence-electron chi connectivity index (χ0n) is 23.9. The molecule has 0 radical (unpaired) electrons. The SMILES string of the molecule is COc1cccc2[nH]c(C(=O)C[C@@H](CC(C)C)C(=O)N[C@@H](C[C@@H]3CCNC3=O)C(C#N)NCc3ccccc3)cc12. The summed E-state index contributed by atoms with van der Waals surface area (Å²) in [5.74, 6) is -0.569. The Hall–Kier alpha value is -4.16. The predicted molar refractivity (Wildman–Crippen MR) is 157 cm³/mol. The molecule has 1 aliphatic heterocycles. The largest absolute Gasteiger partial charge is 0.496 e. The highest BCUT2D eigenvalue weighted by Crippen LogP contribution is 2.28. The molecule has 1 aliphatic rings. The van der Waals surface area contributed by atoms with Crippen molar-refractivity contribution in [3.63, 3.8) is 0 Å². The van der Waals surface area contributed by atoms with Crippen LogP contribution in [0.1, 0.15) is 55.6 Å². The Morgan fingerprint density at radius 1 is 1.15 bits per heavy atom.